The van der Waals surface area contributed by atoms with Gasteiger partial charge in [0.2, 0.25) is 0 Å². The highest BCUT2D eigenvalue weighted by atomic mass is 16.5. The summed E-state index contributed by atoms with van der Waals surface area (Å²) in [7, 11) is 0. The maximum absolute atomic E-state index is 12.8. The molecule has 3 rings (SSSR count). The number of para-hydroxylation sites is 2. The van der Waals surface area contributed by atoms with Crippen LogP contribution in [0.1, 0.15) is 51.9 Å². The van der Waals surface area contributed by atoms with E-state index < -0.39 is 5.97 Å². The quantitative estimate of drug-likeness (QED) is 0.803. The van der Waals surface area contributed by atoms with E-state index >= 15 is 0 Å². The number of nitrogens with zero attached hydrogens (tertiary/aromatic N) is 1. The summed E-state index contributed by atoms with van der Waals surface area (Å²) in [5.41, 5.74) is 3.89. The largest absolute Gasteiger partial charge is 0.462 e. The van der Waals surface area contributed by atoms with E-state index in [4.69, 9.17) is 4.74 Å². The Morgan fingerprint density at radius 2 is 1.88 bits per heavy atom. The molecule has 1 aliphatic rings. The van der Waals surface area contributed by atoms with E-state index in [-0.39, 0.29) is 5.91 Å². The molecule has 2 aromatic rings. The number of rotatable bonds is 5. The number of hydrogen-bond donors (Lipinski definition) is 2. The molecule has 1 aromatic heterocycles. The number of esters is 1. The van der Waals surface area contributed by atoms with Gasteiger partial charge in [0.25, 0.3) is 5.91 Å². The molecule has 2 heterocycles. The standard InChI is InChI=1S/C20H25N3O3/c1-4-26-20(25)17-13(2)18(21-14(17)3)19(24)22-15-9-5-6-10-16(15)23-11-7-8-12-23/h5-6,9-10,21H,4,7-8,11-12H2,1-3H3,(H,22,24). The zero-order chi connectivity index (χ0) is 18.7. The van der Waals surface area contributed by atoms with Gasteiger partial charge in [0.1, 0.15) is 5.69 Å². The molecule has 0 unspecified atom stereocenters. The second kappa shape index (κ2) is 7.64. The third kappa shape index (κ3) is 3.45. The van der Waals surface area contributed by atoms with Crippen LogP contribution in [-0.2, 0) is 4.74 Å². The summed E-state index contributed by atoms with van der Waals surface area (Å²) in [5.74, 6) is -0.664. The number of aromatic nitrogens is 1. The maximum Gasteiger partial charge on any atom is 0.340 e. The van der Waals surface area contributed by atoms with Crippen molar-refractivity contribution in [1.29, 1.82) is 0 Å². The van der Waals surface area contributed by atoms with Gasteiger partial charge in [-0.2, -0.15) is 0 Å². The van der Waals surface area contributed by atoms with Crippen LogP contribution in [0.4, 0.5) is 11.4 Å². The van der Waals surface area contributed by atoms with Crippen molar-refractivity contribution >= 4 is 23.3 Å². The topological polar surface area (TPSA) is 74.4 Å². The lowest BCUT2D eigenvalue weighted by molar-refractivity contribution is 0.0525. The second-order valence-electron chi connectivity index (χ2n) is 6.51. The van der Waals surface area contributed by atoms with Gasteiger partial charge >= 0.3 is 5.97 Å². The summed E-state index contributed by atoms with van der Waals surface area (Å²) in [6.07, 6.45) is 2.33. The fourth-order valence-corrected chi connectivity index (χ4v) is 3.48. The summed E-state index contributed by atoms with van der Waals surface area (Å²) in [6.45, 7) is 7.60. The average molecular weight is 355 g/mol. The number of carbonyl (C=O) groups excluding carboxylic acids is 2. The van der Waals surface area contributed by atoms with E-state index in [0.29, 0.717) is 29.1 Å². The first-order valence-corrected chi connectivity index (χ1v) is 9.04. The van der Waals surface area contributed by atoms with Crippen LogP contribution >= 0.6 is 0 Å². The Morgan fingerprint density at radius 1 is 1.19 bits per heavy atom. The number of anilines is 2. The molecule has 1 aromatic carbocycles. The summed E-state index contributed by atoms with van der Waals surface area (Å²) in [6, 6.07) is 7.82. The van der Waals surface area contributed by atoms with E-state index in [2.05, 4.69) is 15.2 Å². The molecule has 0 spiro atoms. The van der Waals surface area contributed by atoms with Crippen LogP contribution in [0.2, 0.25) is 0 Å². The second-order valence-corrected chi connectivity index (χ2v) is 6.51. The van der Waals surface area contributed by atoms with Gasteiger partial charge in [-0.05, 0) is 51.3 Å². The van der Waals surface area contributed by atoms with E-state index in [1.165, 1.54) is 12.8 Å². The van der Waals surface area contributed by atoms with Gasteiger partial charge in [-0.25, -0.2) is 4.79 Å². The highest BCUT2D eigenvalue weighted by Gasteiger charge is 2.24. The van der Waals surface area contributed by atoms with Gasteiger partial charge in [-0.15, -0.1) is 0 Å². The van der Waals surface area contributed by atoms with Crippen molar-refractivity contribution < 1.29 is 14.3 Å². The molecule has 1 aliphatic heterocycles. The molecule has 1 amide bonds. The van der Waals surface area contributed by atoms with Crippen LogP contribution in [0.25, 0.3) is 0 Å². The third-order valence-electron chi connectivity index (χ3n) is 4.74. The van der Waals surface area contributed by atoms with Crippen molar-refractivity contribution in [3.8, 4) is 0 Å². The van der Waals surface area contributed by atoms with Crippen LogP contribution < -0.4 is 10.2 Å². The van der Waals surface area contributed by atoms with Gasteiger partial charge in [0.05, 0.1) is 23.5 Å². The van der Waals surface area contributed by atoms with E-state index in [1.54, 1.807) is 20.8 Å². The zero-order valence-electron chi connectivity index (χ0n) is 15.5. The SMILES string of the molecule is CCOC(=O)c1c(C)[nH]c(C(=O)Nc2ccccc2N2CCCC2)c1C. The van der Waals surface area contributed by atoms with Crippen LogP contribution in [0, 0.1) is 13.8 Å². The normalized spacial score (nSPS) is 13.7. The molecule has 0 atom stereocenters. The zero-order valence-corrected chi connectivity index (χ0v) is 15.5. The van der Waals surface area contributed by atoms with Crippen molar-refractivity contribution in [3.05, 3.63) is 46.8 Å². The first-order chi connectivity index (χ1) is 12.5. The molecule has 0 saturated carbocycles. The van der Waals surface area contributed by atoms with Gasteiger partial charge in [-0.3, -0.25) is 4.79 Å². The number of carbonyl (C=O) groups is 2. The van der Waals surface area contributed by atoms with Crippen molar-refractivity contribution in [2.45, 2.75) is 33.6 Å². The molecule has 26 heavy (non-hydrogen) atoms. The summed E-state index contributed by atoms with van der Waals surface area (Å²) in [4.78, 5) is 30.3. The monoisotopic (exact) mass is 355 g/mol. The van der Waals surface area contributed by atoms with Crippen LogP contribution in [0.5, 0.6) is 0 Å². The van der Waals surface area contributed by atoms with Gasteiger partial charge in [0, 0.05) is 18.8 Å². The summed E-state index contributed by atoms with van der Waals surface area (Å²) in [5, 5.41) is 2.99. The smallest absolute Gasteiger partial charge is 0.340 e. The molecule has 6 nitrogen and oxygen atoms in total. The van der Waals surface area contributed by atoms with Crippen LogP contribution in [0.15, 0.2) is 24.3 Å². The molecule has 1 saturated heterocycles. The lowest BCUT2D eigenvalue weighted by atomic mass is 10.1. The third-order valence-corrected chi connectivity index (χ3v) is 4.74. The predicted molar refractivity (Wildman–Crippen MR) is 102 cm³/mol. The molecule has 0 bridgehead atoms. The Morgan fingerprint density at radius 3 is 2.58 bits per heavy atom. The van der Waals surface area contributed by atoms with Gasteiger partial charge in [-0.1, -0.05) is 12.1 Å². The molecule has 1 fully saturated rings. The number of amides is 1. The minimum Gasteiger partial charge on any atom is -0.462 e. The molecule has 0 radical (unpaired) electrons. The van der Waals surface area contributed by atoms with Crippen molar-refractivity contribution in [3.63, 3.8) is 0 Å². The van der Waals surface area contributed by atoms with E-state index in [9.17, 15) is 9.59 Å². The van der Waals surface area contributed by atoms with E-state index in [0.717, 1.165) is 24.5 Å². The Bertz CT molecular complexity index is 820. The molecular weight excluding hydrogens is 330 g/mol. The van der Waals surface area contributed by atoms with Crippen molar-refractivity contribution in [2.75, 3.05) is 29.9 Å². The average Bonchev–Trinajstić information content (AvgIpc) is 3.24. The number of nitrogens with one attached hydrogen (secondary N) is 2. The Balaban J connectivity index is 1.86. The minimum absolute atomic E-state index is 0.257. The number of H-pyrrole nitrogens is 1. The summed E-state index contributed by atoms with van der Waals surface area (Å²) < 4.78 is 5.09. The highest BCUT2D eigenvalue weighted by Crippen LogP contribution is 2.29. The number of aromatic amines is 1. The molecular formula is C20H25N3O3. The summed E-state index contributed by atoms with van der Waals surface area (Å²) >= 11 is 0. The molecule has 0 aliphatic carbocycles. The number of hydrogen-bond acceptors (Lipinski definition) is 4. The fourth-order valence-electron chi connectivity index (χ4n) is 3.48. The number of benzene rings is 1. The first-order valence-electron chi connectivity index (χ1n) is 9.04. The van der Waals surface area contributed by atoms with Crippen molar-refractivity contribution in [2.24, 2.45) is 0 Å². The predicted octanol–water partition coefficient (Wildman–Crippen LogP) is 3.66. The number of aryl methyl sites for hydroxylation is 1. The first kappa shape index (κ1) is 18.0. The van der Waals surface area contributed by atoms with Gasteiger partial charge < -0.3 is 19.9 Å². The minimum atomic E-state index is -0.407. The number of ether oxygens (including phenoxy) is 1. The Kier molecular flexibility index (Phi) is 5.30. The molecule has 6 heteroatoms. The van der Waals surface area contributed by atoms with Crippen LogP contribution in [0.3, 0.4) is 0 Å². The lowest BCUT2D eigenvalue weighted by Gasteiger charge is -2.21. The lowest BCUT2D eigenvalue weighted by Crippen LogP contribution is -2.21. The maximum atomic E-state index is 12.8. The molecule has 138 valence electrons. The van der Waals surface area contributed by atoms with E-state index in [1.807, 2.05) is 24.3 Å². The highest BCUT2D eigenvalue weighted by molar-refractivity contribution is 6.08. The van der Waals surface area contributed by atoms with Crippen LogP contribution in [-0.4, -0.2) is 36.6 Å². The van der Waals surface area contributed by atoms with Crippen molar-refractivity contribution in [1.82, 2.24) is 4.98 Å². The molecule has 2 N–H and O–H groups in total. The Labute approximate surface area is 153 Å². The fraction of sp³-hybridized carbons (Fsp3) is 0.400. The Hall–Kier alpha value is -2.76. The van der Waals surface area contributed by atoms with Gasteiger partial charge in [0.15, 0.2) is 0 Å².